The summed E-state index contributed by atoms with van der Waals surface area (Å²) >= 11 is 0. The fraction of sp³-hybridized carbons (Fsp3) is 0.667. The molecule has 2 N–H and O–H groups in total. The van der Waals surface area contributed by atoms with Crippen molar-refractivity contribution in [3.8, 4) is 0 Å². The molecule has 1 fully saturated rings. The van der Waals surface area contributed by atoms with E-state index in [1.165, 1.54) is 0 Å². The Kier molecular flexibility index (Phi) is 4.77. The largest absolute Gasteiger partial charge is 0.375 e. The maximum atomic E-state index is 5.88. The number of aryl methyl sites for hydroxylation is 1. The van der Waals surface area contributed by atoms with Crippen molar-refractivity contribution in [1.82, 2.24) is 4.98 Å². The van der Waals surface area contributed by atoms with Crippen LogP contribution in [0.3, 0.4) is 0 Å². The van der Waals surface area contributed by atoms with Crippen molar-refractivity contribution in [3.63, 3.8) is 0 Å². The molecule has 4 nitrogen and oxygen atoms in total. The Morgan fingerprint density at radius 3 is 2.63 bits per heavy atom. The van der Waals surface area contributed by atoms with Gasteiger partial charge in [0.15, 0.2) is 0 Å². The van der Waals surface area contributed by atoms with E-state index in [2.05, 4.69) is 29.8 Å². The highest BCUT2D eigenvalue weighted by Crippen LogP contribution is 2.24. The van der Waals surface area contributed by atoms with Crippen molar-refractivity contribution >= 4 is 5.82 Å². The highest BCUT2D eigenvalue weighted by Gasteiger charge is 2.22. The third-order valence-corrected chi connectivity index (χ3v) is 3.52. The highest BCUT2D eigenvalue weighted by molar-refractivity contribution is 5.48. The van der Waals surface area contributed by atoms with Gasteiger partial charge in [-0.3, -0.25) is 0 Å². The molecule has 19 heavy (non-hydrogen) atoms. The molecule has 0 amide bonds. The number of nitrogens with two attached hydrogens (primary N) is 1. The second-order valence-corrected chi connectivity index (χ2v) is 5.51. The molecule has 1 aromatic heterocycles. The SMILES string of the molecule is Cc1ccc(CN)c(N2CCC(OC(C)C)CC2)n1. The van der Waals surface area contributed by atoms with Gasteiger partial charge in [0.25, 0.3) is 0 Å². The number of hydrogen-bond acceptors (Lipinski definition) is 4. The highest BCUT2D eigenvalue weighted by atomic mass is 16.5. The first-order valence-corrected chi connectivity index (χ1v) is 7.17. The molecular weight excluding hydrogens is 238 g/mol. The van der Waals surface area contributed by atoms with E-state index in [1.54, 1.807) is 0 Å². The molecule has 0 bridgehead atoms. The Morgan fingerprint density at radius 2 is 2.05 bits per heavy atom. The molecular formula is C15H25N3O. The molecule has 1 aromatic rings. The summed E-state index contributed by atoms with van der Waals surface area (Å²) < 4.78 is 5.88. The van der Waals surface area contributed by atoms with Crippen LogP contribution in [-0.2, 0) is 11.3 Å². The summed E-state index contributed by atoms with van der Waals surface area (Å²) in [4.78, 5) is 7.00. The van der Waals surface area contributed by atoms with Crippen LogP contribution in [0, 0.1) is 6.92 Å². The zero-order chi connectivity index (χ0) is 13.8. The van der Waals surface area contributed by atoms with Gasteiger partial charge in [-0.2, -0.15) is 0 Å². The fourth-order valence-electron chi connectivity index (χ4n) is 2.59. The van der Waals surface area contributed by atoms with Crippen LogP contribution in [0.4, 0.5) is 5.82 Å². The van der Waals surface area contributed by atoms with E-state index in [4.69, 9.17) is 10.5 Å². The van der Waals surface area contributed by atoms with Gasteiger partial charge in [-0.05, 0) is 39.7 Å². The first kappa shape index (κ1) is 14.3. The number of aromatic nitrogens is 1. The normalized spacial score (nSPS) is 17.2. The molecule has 106 valence electrons. The molecule has 0 unspecified atom stereocenters. The smallest absolute Gasteiger partial charge is 0.133 e. The number of nitrogens with zero attached hydrogens (tertiary/aromatic N) is 2. The summed E-state index contributed by atoms with van der Waals surface area (Å²) in [6.07, 6.45) is 2.84. The monoisotopic (exact) mass is 263 g/mol. The number of hydrogen-bond donors (Lipinski definition) is 1. The summed E-state index contributed by atoms with van der Waals surface area (Å²) in [6.45, 7) is 8.77. The second kappa shape index (κ2) is 6.35. The lowest BCUT2D eigenvalue weighted by Crippen LogP contribution is -2.39. The molecule has 1 aliphatic heterocycles. The van der Waals surface area contributed by atoms with Gasteiger partial charge in [-0.15, -0.1) is 0 Å². The van der Waals surface area contributed by atoms with Crippen molar-refractivity contribution in [2.45, 2.75) is 52.4 Å². The second-order valence-electron chi connectivity index (χ2n) is 5.51. The Balaban J connectivity index is 2.03. The molecule has 1 aliphatic rings. The minimum Gasteiger partial charge on any atom is -0.375 e. The Hall–Kier alpha value is -1.13. The van der Waals surface area contributed by atoms with Crippen LogP contribution in [0.2, 0.25) is 0 Å². The van der Waals surface area contributed by atoms with Gasteiger partial charge in [0, 0.05) is 30.9 Å². The van der Waals surface area contributed by atoms with Crippen LogP contribution in [0.5, 0.6) is 0 Å². The third kappa shape index (κ3) is 3.67. The number of piperidine rings is 1. The number of rotatable bonds is 4. The molecule has 0 atom stereocenters. The average molecular weight is 263 g/mol. The standard InChI is InChI=1S/C15H25N3O/c1-11(2)19-14-6-8-18(9-7-14)15-13(10-16)5-4-12(3)17-15/h4-5,11,14H,6-10,16H2,1-3H3. The minimum absolute atomic E-state index is 0.313. The van der Waals surface area contributed by atoms with Gasteiger partial charge >= 0.3 is 0 Å². The quantitative estimate of drug-likeness (QED) is 0.905. The van der Waals surface area contributed by atoms with Crippen molar-refractivity contribution in [1.29, 1.82) is 0 Å². The van der Waals surface area contributed by atoms with Crippen molar-refractivity contribution in [2.75, 3.05) is 18.0 Å². The third-order valence-electron chi connectivity index (χ3n) is 3.52. The molecule has 4 heteroatoms. The van der Waals surface area contributed by atoms with E-state index in [0.29, 0.717) is 18.8 Å². The van der Waals surface area contributed by atoms with E-state index in [-0.39, 0.29) is 0 Å². The van der Waals surface area contributed by atoms with Crippen LogP contribution < -0.4 is 10.6 Å². The molecule has 1 saturated heterocycles. The summed E-state index contributed by atoms with van der Waals surface area (Å²) in [5.74, 6) is 1.06. The zero-order valence-electron chi connectivity index (χ0n) is 12.2. The van der Waals surface area contributed by atoms with Gasteiger partial charge in [0.1, 0.15) is 5.82 Å². The van der Waals surface area contributed by atoms with Crippen molar-refractivity contribution in [3.05, 3.63) is 23.4 Å². The predicted octanol–water partition coefficient (Wildman–Crippen LogP) is 2.24. The number of pyridine rings is 1. The fourth-order valence-corrected chi connectivity index (χ4v) is 2.59. The van der Waals surface area contributed by atoms with E-state index < -0.39 is 0 Å². The molecule has 2 rings (SSSR count). The van der Waals surface area contributed by atoms with Gasteiger partial charge in [0.05, 0.1) is 12.2 Å². The topological polar surface area (TPSA) is 51.4 Å². The van der Waals surface area contributed by atoms with Gasteiger partial charge in [-0.25, -0.2) is 4.98 Å². The molecule has 0 radical (unpaired) electrons. The molecule has 2 heterocycles. The maximum Gasteiger partial charge on any atom is 0.133 e. The first-order chi connectivity index (χ1) is 9.10. The predicted molar refractivity (Wildman–Crippen MR) is 78.3 cm³/mol. The van der Waals surface area contributed by atoms with Crippen LogP contribution in [-0.4, -0.2) is 30.3 Å². The van der Waals surface area contributed by atoms with Gasteiger partial charge < -0.3 is 15.4 Å². The maximum absolute atomic E-state index is 5.88. The Morgan fingerprint density at radius 1 is 1.37 bits per heavy atom. The number of ether oxygens (including phenoxy) is 1. The van der Waals surface area contributed by atoms with Crippen LogP contribution in [0.1, 0.15) is 37.9 Å². The number of anilines is 1. The van der Waals surface area contributed by atoms with Crippen LogP contribution in [0.25, 0.3) is 0 Å². The molecule has 0 saturated carbocycles. The molecule has 0 aliphatic carbocycles. The lowest BCUT2D eigenvalue weighted by atomic mass is 10.1. The molecule has 0 aromatic carbocycles. The summed E-state index contributed by atoms with van der Waals surface area (Å²) in [6, 6.07) is 4.12. The lowest BCUT2D eigenvalue weighted by molar-refractivity contribution is -0.00486. The minimum atomic E-state index is 0.313. The van der Waals surface area contributed by atoms with Crippen molar-refractivity contribution < 1.29 is 4.74 Å². The van der Waals surface area contributed by atoms with Crippen LogP contribution >= 0.6 is 0 Å². The van der Waals surface area contributed by atoms with E-state index in [0.717, 1.165) is 43.0 Å². The van der Waals surface area contributed by atoms with Gasteiger partial charge in [-0.1, -0.05) is 6.07 Å². The van der Waals surface area contributed by atoms with Crippen LogP contribution in [0.15, 0.2) is 12.1 Å². The lowest BCUT2D eigenvalue weighted by Gasteiger charge is -2.34. The summed E-state index contributed by atoms with van der Waals surface area (Å²) in [5.41, 5.74) is 7.99. The van der Waals surface area contributed by atoms with E-state index >= 15 is 0 Å². The van der Waals surface area contributed by atoms with E-state index in [1.807, 2.05) is 13.0 Å². The van der Waals surface area contributed by atoms with E-state index in [9.17, 15) is 0 Å². The average Bonchev–Trinajstić information content (AvgIpc) is 2.39. The first-order valence-electron chi connectivity index (χ1n) is 7.17. The summed E-state index contributed by atoms with van der Waals surface area (Å²) in [7, 11) is 0. The molecule has 0 spiro atoms. The Labute approximate surface area is 116 Å². The zero-order valence-corrected chi connectivity index (χ0v) is 12.2. The van der Waals surface area contributed by atoms with Crippen molar-refractivity contribution in [2.24, 2.45) is 5.73 Å². The Bertz CT molecular complexity index is 412. The van der Waals surface area contributed by atoms with Gasteiger partial charge in [0.2, 0.25) is 0 Å². The summed E-state index contributed by atoms with van der Waals surface area (Å²) in [5, 5.41) is 0.